The van der Waals surface area contributed by atoms with Crippen molar-refractivity contribution >= 4 is 38.6 Å². The number of ether oxygens (including phenoxy) is 1. The molecular formula is C24H19BrN2O3. The SMILES string of the molecule is Cc1cc(C(=O)COC(=O)c2ccc3ccccc3n2)c(C)n1-c1ccc(Br)cc1. The summed E-state index contributed by atoms with van der Waals surface area (Å²) >= 11 is 3.43. The van der Waals surface area contributed by atoms with E-state index in [0.717, 1.165) is 26.9 Å². The van der Waals surface area contributed by atoms with Gasteiger partial charge in [-0.25, -0.2) is 9.78 Å². The quantitative estimate of drug-likeness (QED) is 0.292. The Morgan fingerprint density at radius 2 is 1.73 bits per heavy atom. The van der Waals surface area contributed by atoms with Crippen molar-refractivity contribution in [3.8, 4) is 5.69 Å². The average molecular weight is 463 g/mol. The fourth-order valence-corrected chi connectivity index (χ4v) is 3.76. The van der Waals surface area contributed by atoms with Crippen molar-refractivity contribution in [3.05, 3.63) is 93.8 Å². The van der Waals surface area contributed by atoms with E-state index >= 15 is 0 Å². The van der Waals surface area contributed by atoms with Crippen molar-refractivity contribution < 1.29 is 14.3 Å². The smallest absolute Gasteiger partial charge is 0.357 e. The first kappa shape index (κ1) is 20.0. The van der Waals surface area contributed by atoms with E-state index in [1.807, 2.05) is 79.1 Å². The minimum absolute atomic E-state index is 0.182. The molecule has 2 heterocycles. The fourth-order valence-electron chi connectivity index (χ4n) is 3.50. The van der Waals surface area contributed by atoms with Gasteiger partial charge in [-0.2, -0.15) is 0 Å². The van der Waals surface area contributed by atoms with Crippen LogP contribution in [0.1, 0.15) is 32.2 Å². The molecule has 4 rings (SSSR count). The van der Waals surface area contributed by atoms with Gasteiger partial charge in [0.15, 0.2) is 6.61 Å². The van der Waals surface area contributed by atoms with Gasteiger partial charge in [-0.05, 0) is 56.3 Å². The van der Waals surface area contributed by atoms with Crippen LogP contribution in [0.4, 0.5) is 0 Å². The van der Waals surface area contributed by atoms with Gasteiger partial charge in [0.05, 0.1) is 5.52 Å². The molecule has 150 valence electrons. The summed E-state index contributed by atoms with van der Waals surface area (Å²) in [6.45, 7) is 3.49. The van der Waals surface area contributed by atoms with Gasteiger partial charge < -0.3 is 9.30 Å². The number of aryl methyl sites for hydroxylation is 1. The molecule has 0 bridgehead atoms. The molecule has 0 fully saturated rings. The molecular weight excluding hydrogens is 444 g/mol. The van der Waals surface area contributed by atoms with Crippen LogP contribution in [0.2, 0.25) is 0 Å². The maximum absolute atomic E-state index is 12.7. The summed E-state index contributed by atoms with van der Waals surface area (Å²) in [5, 5.41) is 0.936. The number of aromatic nitrogens is 2. The number of hydrogen-bond acceptors (Lipinski definition) is 4. The Morgan fingerprint density at radius 1 is 1.00 bits per heavy atom. The maximum Gasteiger partial charge on any atom is 0.357 e. The summed E-state index contributed by atoms with van der Waals surface area (Å²) in [6, 6.07) is 20.6. The van der Waals surface area contributed by atoms with E-state index in [0.29, 0.717) is 11.1 Å². The number of fused-ring (bicyclic) bond motifs is 1. The third-order valence-electron chi connectivity index (χ3n) is 4.96. The third-order valence-corrected chi connectivity index (χ3v) is 5.49. The van der Waals surface area contributed by atoms with Crippen LogP contribution in [0.25, 0.3) is 16.6 Å². The molecule has 0 amide bonds. The number of hydrogen-bond donors (Lipinski definition) is 0. The second kappa shape index (κ2) is 8.24. The van der Waals surface area contributed by atoms with E-state index in [9.17, 15) is 9.59 Å². The Labute approximate surface area is 182 Å². The normalized spacial score (nSPS) is 10.9. The zero-order valence-corrected chi connectivity index (χ0v) is 18.1. The van der Waals surface area contributed by atoms with Crippen molar-refractivity contribution in [1.82, 2.24) is 9.55 Å². The minimum Gasteiger partial charge on any atom is -0.453 e. The number of para-hydroxylation sites is 1. The number of nitrogens with zero attached hydrogens (tertiary/aromatic N) is 2. The number of carbonyl (C=O) groups excluding carboxylic acids is 2. The lowest BCUT2D eigenvalue weighted by atomic mass is 10.1. The largest absolute Gasteiger partial charge is 0.453 e. The summed E-state index contributed by atoms with van der Waals surface area (Å²) in [7, 11) is 0. The number of benzene rings is 2. The van der Waals surface area contributed by atoms with Crippen LogP contribution in [0.3, 0.4) is 0 Å². The fraction of sp³-hybridized carbons (Fsp3) is 0.125. The molecule has 0 atom stereocenters. The zero-order valence-electron chi connectivity index (χ0n) is 16.6. The first-order valence-electron chi connectivity index (χ1n) is 9.45. The number of carbonyl (C=O) groups is 2. The van der Waals surface area contributed by atoms with E-state index in [2.05, 4.69) is 20.9 Å². The highest BCUT2D eigenvalue weighted by atomic mass is 79.9. The highest BCUT2D eigenvalue weighted by Gasteiger charge is 2.19. The Bertz CT molecular complexity index is 1260. The molecule has 0 saturated carbocycles. The molecule has 0 spiro atoms. The van der Waals surface area contributed by atoms with Gasteiger partial charge in [-0.15, -0.1) is 0 Å². The van der Waals surface area contributed by atoms with Crippen LogP contribution in [0.15, 0.2) is 71.2 Å². The standard InChI is InChI=1S/C24H19BrN2O3/c1-15-13-20(16(2)27(15)19-10-8-18(25)9-11-19)23(28)14-30-24(29)22-12-7-17-5-3-4-6-21(17)26-22/h3-13H,14H2,1-2H3. The number of pyridine rings is 1. The summed E-state index contributed by atoms with van der Waals surface area (Å²) in [6.07, 6.45) is 0. The van der Waals surface area contributed by atoms with Crippen LogP contribution < -0.4 is 0 Å². The van der Waals surface area contributed by atoms with Gasteiger partial charge in [0.1, 0.15) is 5.69 Å². The molecule has 0 unspecified atom stereocenters. The molecule has 0 saturated heterocycles. The maximum atomic E-state index is 12.7. The number of rotatable bonds is 5. The highest BCUT2D eigenvalue weighted by Crippen LogP contribution is 2.23. The lowest BCUT2D eigenvalue weighted by Crippen LogP contribution is -2.16. The molecule has 6 heteroatoms. The molecule has 30 heavy (non-hydrogen) atoms. The predicted octanol–water partition coefficient (Wildman–Crippen LogP) is 5.44. The van der Waals surface area contributed by atoms with Gasteiger partial charge in [-0.1, -0.05) is 40.2 Å². The molecule has 0 N–H and O–H groups in total. The number of halogens is 1. The van der Waals surface area contributed by atoms with E-state index in [-0.39, 0.29) is 18.1 Å². The predicted molar refractivity (Wildman–Crippen MR) is 119 cm³/mol. The van der Waals surface area contributed by atoms with Gasteiger partial charge in [-0.3, -0.25) is 4.79 Å². The van der Waals surface area contributed by atoms with E-state index in [4.69, 9.17) is 4.74 Å². The number of esters is 1. The first-order valence-corrected chi connectivity index (χ1v) is 10.2. The topological polar surface area (TPSA) is 61.2 Å². The van der Waals surface area contributed by atoms with Crippen molar-refractivity contribution in [2.24, 2.45) is 0 Å². The van der Waals surface area contributed by atoms with Crippen molar-refractivity contribution in [2.45, 2.75) is 13.8 Å². The second-order valence-electron chi connectivity index (χ2n) is 6.99. The number of Topliss-reactive ketones (excluding diaryl/α,β-unsaturated/α-hetero) is 1. The molecule has 2 aromatic carbocycles. The van der Waals surface area contributed by atoms with Crippen molar-refractivity contribution in [3.63, 3.8) is 0 Å². The van der Waals surface area contributed by atoms with Crippen molar-refractivity contribution in [1.29, 1.82) is 0 Å². The first-order chi connectivity index (χ1) is 14.4. The highest BCUT2D eigenvalue weighted by molar-refractivity contribution is 9.10. The van der Waals surface area contributed by atoms with Gasteiger partial charge >= 0.3 is 5.97 Å². The molecule has 5 nitrogen and oxygen atoms in total. The Balaban J connectivity index is 1.50. The van der Waals surface area contributed by atoms with Crippen molar-refractivity contribution in [2.75, 3.05) is 6.61 Å². The number of ketones is 1. The van der Waals surface area contributed by atoms with Crippen LogP contribution in [-0.2, 0) is 4.74 Å². The Morgan fingerprint density at radius 3 is 2.50 bits per heavy atom. The Hall–Kier alpha value is -3.25. The molecule has 4 aromatic rings. The molecule has 0 aliphatic rings. The molecule has 0 aliphatic carbocycles. The molecule has 0 aliphatic heterocycles. The van der Waals surface area contributed by atoms with Crippen LogP contribution in [0.5, 0.6) is 0 Å². The average Bonchev–Trinajstić information content (AvgIpc) is 3.06. The van der Waals surface area contributed by atoms with Crippen LogP contribution >= 0.6 is 15.9 Å². The van der Waals surface area contributed by atoms with Crippen LogP contribution in [-0.4, -0.2) is 27.9 Å². The van der Waals surface area contributed by atoms with E-state index in [1.165, 1.54) is 0 Å². The van der Waals surface area contributed by atoms with Gasteiger partial charge in [0, 0.05) is 32.5 Å². The van der Waals surface area contributed by atoms with Crippen LogP contribution in [0, 0.1) is 13.8 Å². The second-order valence-corrected chi connectivity index (χ2v) is 7.90. The zero-order chi connectivity index (χ0) is 21.3. The summed E-state index contributed by atoms with van der Waals surface area (Å²) in [4.78, 5) is 29.4. The Kier molecular flexibility index (Phi) is 5.50. The monoisotopic (exact) mass is 462 g/mol. The summed E-state index contributed by atoms with van der Waals surface area (Å²) < 4.78 is 8.24. The lowest BCUT2D eigenvalue weighted by Gasteiger charge is -2.10. The molecule has 2 aromatic heterocycles. The summed E-state index contributed by atoms with van der Waals surface area (Å²) in [5.41, 5.74) is 4.12. The third kappa shape index (κ3) is 3.91. The van der Waals surface area contributed by atoms with Gasteiger partial charge in [0.2, 0.25) is 5.78 Å². The lowest BCUT2D eigenvalue weighted by molar-refractivity contribution is 0.0469. The minimum atomic E-state index is -0.615. The summed E-state index contributed by atoms with van der Waals surface area (Å²) in [5.74, 6) is -0.864. The molecule has 0 radical (unpaired) electrons. The van der Waals surface area contributed by atoms with E-state index < -0.39 is 5.97 Å². The van der Waals surface area contributed by atoms with Gasteiger partial charge in [0.25, 0.3) is 0 Å². The van der Waals surface area contributed by atoms with E-state index in [1.54, 1.807) is 6.07 Å².